The standard InChI is InChI=1S/C27H28F2N4O2/c1-17-11-21(14-22(28)26(17)29)23-8-10-35-31-27-20(5-4-9-33(23)27)12-19-6-7-24(25(13-19)34-3)32-15-18(2)30-16-32/h6-7,11-16,23H,4-5,8-10H2,1-3H3/b20-12+. The van der Waals surface area contributed by atoms with Crippen LogP contribution in [0.3, 0.4) is 0 Å². The highest BCUT2D eigenvalue weighted by atomic mass is 19.2. The van der Waals surface area contributed by atoms with Crippen molar-refractivity contribution in [3.8, 4) is 11.4 Å². The third kappa shape index (κ3) is 4.52. The fraction of sp³-hybridized carbons (Fsp3) is 0.333. The van der Waals surface area contributed by atoms with E-state index >= 15 is 0 Å². The molecule has 0 spiro atoms. The Kier molecular flexibility index (Phi) is 6.28. The van der Waals surface area contributed by atoms with Crippen molar-refractivity contribution in [2.45, 2.75) is 39.2 Å². The van der Waals surface area contributed by atoms with Crippen molar-refractivity contribution < 1.29 is 18.4 Å². The molecule has 0 N–H and O–H groups in total. The molecule has 8 heteroatoms. The number of benzene rings is 2. The van der Waals surface area contributed by atoms with Gasteiger partial charge in [0, 0.05) is 19.2 Å². The summed E-state index contributed by atoms with van der Waals surface area (Å²) in [6.45, 7) is 4.71. The predicted molar refractivity (Wildman–Crippen MR) is 131 cm³/mol. The maximum absolute atomic E-state index is 14.2. The molecule has 2 aliphatic rings. The molecule has 182 valence electrons. The lowest BCUT2D eigenvalue weighted by Crippen LogP contribution is -2.39. The van der Waals surface area contributed by atoms with E-state index in [4.69, 9.17) is 9.57 Å². The summed E-state index contributed by atoms with van der Waals surface area (Å²) in [5.41, 5.74) is 4.89. The first kappa shape index (κ1) is 23.1. The predicted octanol–water partition coefficient (Wildman–Crippen LogP) is 5.73. The smallest absolute Gasteiger partial charge is 0.171 e. The average Bonchev–Trinajstić information content (AvgIpc) is 3.16. The summed E-state index contributed by atoms with van der Waals surface area (Å²) >= 11 is 0. The van der Waals surface area contributed by atoms with Gasteiger partial charge in [-0.3, -0.25) is 0 Å². The van der Waals surface area contributed by atoms with Gasteiger partial charge in [-0.15, -0.1) is 0 Å². The molecule has 2 aromatic carbocycles. The van der Waals surface area contributed by atoms with Gasteiger partial charge in [-0.2, -0.15) is 0 Å². The first-order valence-electron chi connectivity index (χ1n) is 11.8. The second kappa shape index (κ2) is 9.52. The Labute approximate surface area is 203 Å². The van der Waals surface area contributed by atoms with Gasteiger partial charge in [-0.05, 0) is 73.2 Å². The molecule has 0 amide bonds. The maximum atomic E-state index is 14.2. The molecule has 0 saturated carbocycles. The summed E-state index contributed by atoms with van der Waals surface area (Å²) in [5.74, 6) is -0.139. The number of fused-ring (bicyclic) bond motifs is 1. The van der Waals surface area contributed by atoms with Crippen molar-refractivity contribution >= 4 is 11.9 Å². The number of amidine groups is 1. The Morgan fingerprint density at radius 2 is 2.03 bits per heavy atom. The van der Waals surface area contributed by atoms with Gasteiger partial charge in [0.2, 0.25) is 0 Å². The van der Waals surface area contributed by atoms with Crippen LogP contribution in [-0.4, -0.2) is 40.5 Å². The molecular weight excluding hydrogens is 450 g/mol. The Hall–Kier alpha value is -3.68. The van der Waals surface area contributed by atoms with Crippen LogP contribution in [0.2, 0.25) is 0 Å². The molecular formula is C27H28F2N4O2. The SMILES string of the molecule is COc1cc(/C=C2\CCCN3C2=NOCCC3c2cc(C)c(F)c(F)c2)ccc1-n1cnc(C)c1. The van der Waals surface area contributed by atoms with Crippen molar-refractivity contribution in [1.29, 1.82) is 0 Å². The van der Waals surface area contributed by atoms with Crippen LogP contribution >= 0.6 is 0 Å². The highest BCUT2D eigenvalue weighted by Gasteiger charge is 2.32. The van der Waals surface area contributed by atoms with E-state index in [0.717, 1.165) is 59.1 Å². The number of piperidine rings is 1. The summed E-state index contributed by atoms with van der Waals surface area (Å²) in [7, 11) is 1.65. The lowest BCUT2D eigenvalue weighted by atomic mass is 9.94. The Morgan fingerprint density at radius 3 is 2.77 bits per heavy atom. The van der Waals surface area contributed by atoms with Crippen molar-refractivity contribution in [1.82, 2.24) is 14.5 Å². The van der Waals surface area contributed by atoms with Gasteiger partial charge in [-0.25, -0.2) is 13.8 Å². The number of ether oxygens (including phenoxy) is 1. The van der Waals surface area contributed by atoms with Gasteiger partial charge < -0.3 is 19.0 Å². The average molecular weight is 479 g/mol. The van der Waals surface area contributed by atoms with Crippen LogP contribution in [0.25, 0.3) is 11.8 Å². The van der Waals surface area contributed by atoms with Crippen molar-refractivity contribution in [2.75, 3.05) is 20.3 Å². The van der Waals surface area contributed by atoms with Gasteiger partial charge >= 0.3 is 0 Å². The normalized spacial score (nSPS) is 19.1. The third-order valence-electron chi connectivity index (χ3n) is 6.57. The van der Waals surface area contributed by atoms with Crippen LogP contribution in [0.4, 0.5) is 8.78 Å². The zero-order chi connectivity index (χ0) is 24.5. The molecule has 6 nitrogen and oxygen atoms in total. The van der Waals surface area contributed by atoms with Crippen LogP contribution in [0, 0.1) is 25.5 Å². The maximum Gasteiger partial charge on any atom is 0.171 e. The van der Waals surface area contributed by atoms with E-state index in [0.29, 0.717) is 18.6 Å². The number of nitrogens with zero attached hydrogens (tertiary/aromatic N) is 4. The first-order chi connectivity index (χ1) is 16.9. The molecule has 3 aromatic rings. The molecule has 1 atom stereocenters. The van der Waals surface area contributed by atoms with Gasteiger partial charge in [0.05, 0.1) is 30.9 Å². The molecule has 1 saturated heterocycles. The lowest BCUT2D eigenvalue weighted by molar-refractivity contribution is 0.140. The van der Waals surface area contributed by atoms with Crippen LogP contribution < -0.4 is 4.74 Å². The van der Waals surface area contributed by atoms with E-state index in [1.165, 1.54) is 6.07 Å². The van der Waals surface area contributed by atoms with Crippen molar-refractivity contribution in [2.24, 2.45) is 5.16 Å². The zero-order valence-electron chi connectivity index (χ0n) is 20.1. The molecule has 1 aromatic heterocycles. The Balaban J connectivity index is 1.48. The van der Waals surface area contributed by atoms with Crippen LogP contribution in [-0.2, 0) is 4.84 Å². The van der Waals surface area contributed by atoms with E-state index in [1.54, 1.807) is 26.4 Å². The minimum Gasteiger partial charge on any atom is -0.495 e. The monoisotopic (exact) mass is 478 g/mol. The fourth-order valence-corrected chi connectivity index (χ4v) is 4.86. The summed E-state index contributed by atoms with van der Waals surface area (Å²) in [5, 5.41) is 4.43. The fourth-order valence-electron chi connectivity index (χ4n) is 4.86. The summed E-state index contributed by atoms with van der Waals surface area (Å²) in [4.78, 5) is 12.1. The number of oxime groups is 1. The molecule has 2 aliphatic heterocycles. The Bertz CT molecular complexity index is 1290. The minimum absolute atomic E-state index is 0.143. The number of hydrogen-bond donors (Lipinski definition) is 0. The van der Waals surface area contributed by atoms with Crippen LogP contribution in [0.1, 0.15) is 47.7 Å². The summed E-state index contributed by atoms with van der Waals surface area (Å²) in [6, 6.07) is 8.92. The number of aromatic nitrogens is 2. The van der Waals surface area contributed by atoms with Gasteiger partial charge in [0.15, 0.2) is 17.5 Å². The largest absolute Gasteiger partial charge is 0.495 e. The number of imidazole rings is 1. The van der Waals surface area contributed by atoms with E-state index in [2.05, 4.69) is 21.1 Å². The summed E-state index contributed by atoms with van der Waals surface area (Å²) < 4.78 is 35.8. The first-order valence-corrected chi connectivity index (χ1v) is 11.8. The minimum atomic E-state index is -0.823. The highest BCUT2D eigenvalue weighted by molar-refractivity contribution is 6.02. The van der Waals surface area contributed by atoms with E-state index in [-0.39, 0.29) is 6.04 Å². The molecule has 1 unspecified atom stereocenters. The molecule has 0 radical (unpaired) electrons. The highest BCUT2D eigenvalue weighted by Crippen LogP contribution is 2.35. The lowest BCUT2D eigenvalue weighted by Gasteiger charge is -2.36. The molecule has 0 bridgehead atoms. The topological polar surface area (TPSA) is 51.9 Å². The third-order valence-corrected chi connectivity index (χ3v) is 6.57. The number of rotatable bonds is 4. The zero-order valence-corrected chi connectivity index (χ0v) is 20.1. The second-order valence-electron chi connectivity index (χ2n) is 9.01. The van der Waals surface area contributed by atoms with Crippen molar-refractivity contribution in [3.63, 3.8) is 0 Å². The van der Waals surface area contributed by atoms with Gasteiger partial charge in [0.1, 0.15) is 12.4 Å². The molecule has 35 heavy (non-hydrogen) atoms. The molecule has 5 rings (SSSR count). The van der Waals surface area contributed by atoms with Gasteiger partial charge in [0.25, 0.3) is 0 Å². The number of aryl methyl sites for hydroxylation is 2. The molecule has 0 aliphatic carbocycles. The van der Waals surface area contributed by atoms with Crippen LogP contribution in [0.15, 0.2) is 53.6 Å². The number of hydrogen-bond acceptors (Lipinski definition) is 5. The van der Waals surface area contributed by atoms with Crippen molar-refractivity contribution in [3.05, 3.63) is 82.4 Å². The van der Waals surface area contributed by atoms with E-state index in [9.17, 15) is 8.78 Å². The Morgan fingerprint density at radius 1 is 1.17 bits per heavy atom. The molecule has 3 heterocycles. The van der Waals surface area contributed by atoms with E-state index in [1.807, 2.05) is 35.9 Å². The number of halogens is 2. The quantitative estimate of drug-likeness (QED) is 0.481. The van der Waals surface area contributed by atoms with Gasteiger partial charge in [-0.1, -0.05) is 17.3 Å². The van der Waals surface area contributed by atoms with E-state index < -0.39 is 11.6 Å². The van der Waals surface area contributed by atoms with Crippen LogP contribution in [0.5, 0.6) is 5.75 Å². The summed E-state index contributed by atoms with van der Waals surface area (Å²) in [6.07, 6.45) is 8.21. The second-order valence-corrected chi connectivity index (χ2v) is 9.01. The number of methoxy groups -OCH3 is 1. The molecule has 1 fully saturated rings.